The molecule has 2 aliphatic rings. The van der Waals surface area contributed by atoms with Crippen LogP contribution in [0.4, 0.5) is 0 Å². The molecule has 3 heteroatoms. The largest absolute Gasteiger partial charge is 0.339 e. The second kappa shape index (κ2) is 5.21. The second-order valence-electron chi connectivity index (χ2n) is 6.43. The van der Waals surface area contributed by atoms with E-state index < -0.39 is 0 Å². The van der Waals surface area contributed by atoms with E-state index in [1.807, 2.05) is 31.0 Å². The topological polar surface area (TPSA) is 32.3 Å². The highest BCUT2D eigenvalue weighted by atomic mass is 16.2. The van der Waals surface area contributed by atoms with Crippen LogP contribution in [0.2, 0.25) is 0 Å². The van der Waals surface area contributed by atoms with Crippen molar-refractivity contribution in [2.45, 2.75) is 57.7 Å². The van der Waals surface area contributed by atoms with Crippen LogP contribution >= 0.6 is 0 Å². The Morgan fingerprint density at radius 3 is 2.50 bits per heavy atom. The van der Waals surface area contributed by atoms with Crippen molar-refractivity contribution in [3.8, 4) is 0 Å². The molecule has 0 aromatic heterocycles. The highest BCUT2D eigenvalue weighted by Crippen LogP contribution is 2.30. The van der Waals surface area contributed by atoms with E-state index in [0.29, 0.717) is 18.1 Å². The van der Waals surface area contributed by atoms with Crippen LogP contribution in [0.5, 0.6) is 0 Å². The maximum absolute atomic E-state index is 12.8. The maximum Gasteiger partial charge on any atom is 0.254 e. The number of carbonyl (C=O) groups is 1. The summed E-state index contributed by atoms with van der Waals surface area (Å²) >= 11 is 0. The summed E-state index contributed by atoms with van der Waals surface area (Å²) in [7, 11) is 1.97. The summed E-state index contributed by atoms with van der Waals surface area (Å²) in [4.78, 5) is 14.7. The van der Waals surface area contributed by atoms with E-state index in [9.17, 15) is 4.79 Å². The van der Waals surface area contributed by atoms with Gasteiger partial charge in [-0.1, -0.05) is 12.1 Å². The Balaban J connectivity index is 1.78. The Morgan fingerprint density at radius 2 is 1.85 bits per heavy atom. The monoisotopic (exact) mass is 272 g/mol. The molecule has 0 spiro atoms. The number of benzene rings is 1. The van der Waals surface area contributed by atoms with Crippen molar-refractivity contribution >= 4 is 5.91 Å². The van der Waals surface area contributed by atoms with Crippen LogP contribution < -0.4 is 5.32 Å². The molecule has 2 unspecified atom stereocenters. The zero-order valence-electron chi connectivity index (χ0n) is 12.6. The minimum atomic E-state index is 0.178. The van der Waals surface area contributed by atoms with Gasteiger partial charge in [-0.05, 0) is 56.7 Å². The standard InChI is InChI=1S/C17H24N2O/c1-11-5-4-6-16(12(11)2)17(20)19(3)15-9-13-7-8-14(10-15)18-13/h4-6,13-15,18H,7-10H2,1-3H3. The van der Waals surface area contributed by atoms with Crippen molar-refractivity contribution in [2.24, 2.45) is 0 Å². The normalized spacial score (nSPS) is 28.4. The Bertz CT molecular complexity index is 514. The molecule has 2 heterocycles. The quantitative estimate of drug-likeness (QED) is 0.897. The molecule has 1 N–H and O–H groups in total. The van der Waals surface area contributed by atoms with Crippen molar-refractivity contribution in [1.29, 1.82) is 0 Å². The minimum absolute atomic E-state index is 0.178. The molecule has 0 aliphatic carbocycles. The summed E-state index contributed by atoms with van der Waals surface area (Å²) < 4.78 is 0. The highest BCUT2D eigenvalue weighted by molar-refractivity contribution is 5.96. The summed E-state index contributed by atoms with van der Waals surface area (Å²) in [6, 6.07) is 7.63. The summed E-state index contributed by atoms with van der Waals surface area (Å²) in [6.07, 6.45) is 4.74. The minimum Gasteiger partial charge on any atom is -0.339 e. The van der Waals surface area contributed by atoms with Crippen molar-refractivity contribution in [3.63, 3.8) is 0 Å². The van der Waals surface area contributed by atoms with E-state index in [1.54, 1.807) is 0 Å². The van der Waals surface area contributed by atoms with Gasteiger partial charge in [0.25, 0.3) is 5.91 Å². The van der Waals surface area contributed by atoms with Gasteiger partial charge < -0.3 is 10.2 Å². The molecule has 0 saturated carbocycles. The van der Waals surface area contributed by atoms with Crippen LogP contribution in [0.15, 0.2) is 18.2 Å². The molecule has 1 amide bonds. The van der Waals surface area contributed by atoms with Crippen molar-refractivity contribution in [3.05, 3.63) is 34.9 Å². The SMILES string of the molecule is Cc1cccc(C(=O)N(C)C2CC3CCC(C2)N3)c1C. The van der Waals surface area contributed by atoms with Crippen LogP contribution in [0.1, 0.15) is 47.2 Å². The lowest BCUT2D eigenvalue weighted by Crippen LogP contribution is -2.48. The lowest BCUT2D eigenvalue weighted by molar-refractivity contribution is 0.0681. The van der Waals surface area contributed by atoms with Gasteiger partial charge in [-0.25, -0.2) is 0 Å². The fourth-order valence-electron chi connectivity index (χ4n) is 3.68. The number of hydrogen-bond donors (Lipinski definition) is 1. The predicted molar refractivity (Wildman–Crippen MR) is 81.0 cm³/mol. The van der Waals surface area contributed by atoms with Crippen LogP contribution in [-0.2, 0) is 0 Å². The lowest BCUT2D eigenvalue weighted by atomic mass is 9.96. The molecule has 1 aromatic rings. The molecule has 2 saturated heterocycles. The molecule has 2 atom stereocenters. The number of aryl methyl sites for hydroxylation is 1. The van der Waals surface area contributed by atoms with E-state index in [-0.39, 0.29) is 5.91 Å². The van der Waals surface area contributed by atoms with Crippen LogP contribution in [-0.4, -0.2) is 36.0 Å². The molecule has 2 aliphatic heterocycles. The summed E-state index contributed by atoms with van der Waals surface area (Å²) in [5.74, 6) is 0.178. The molecular formula is C17H24N2O. The van der Waals surface area contributed by atoms with Gasteiger partial charge >= 0.3 is 0 Å². The number of hydrogen-bond acceptors (Lipinski definition) is 2. The van der Waals surface area contributed by atoms with Gasteiger partial charge in [0.15, 0.2) is 0 Å². The molecule has 3 rings (SSSR count). The van der Waals surface area contributed by atoms with Crippen LogP contribution in [0, 0.1) is 13.8 Å². The molecular weight excluding hydrogens is 248 g/mol. The number of amides is 1. The Morgan fingerprint density at radius 1 is 1.20 bits per heavy atom. The van der Waals surface area contributed by atoms with Gasteiger partial charge in [0.2, 0.25) is 0 Å². The second-order valence-corrected chi connectivity index (χ2v) is 6.43. The third kappa shape index (κ3) is 2.35. The summed E-state index contributed by atoms with van der Waals surface area (Å²) in [5, 5.41) is 3.64. The van der Waals surface area contributed by atoms with E-state index in [0.717, 1.165) is 24.0 Å². The summed E-state index contributed by atoms with van der Waals surface area (Å²) in [5.41, 5.74) is 3.16. The van der Waals surface area contributed by atoms with Crippen molar-refractivity contribution in [1.82, 2.24) is 10.2 Å². The van der Waals surface area contributed by atoms with Crippen molar-refractivity contribution < 1.29 is 4.79 Å². The molecule has 20 heavy (non-hydrogen) atoms. The van der Waals surface area contributed by atoms with Gasteiger partial charge in [0.1, 0.15) is 0 Å². The van der Waals surface area contributed by atoms with Crippen LogP contribution in [0.3, 0.4) is 0 Å². The number of fused-ring (bicyclic) bond motifs is 2. The fraction of sp³-hybridized carbons (Fsp3) is 0.588. The third-order valence-electron chi connectivity index (χ3n) is 5.15. The first kappa shape index (κ1) is 13.6. The number of piperidine rings is 1. The number of rotatable bonds is 2. The average molecular weight is 272 g/mol. The number of nitrogens with one attached hydrogen (secondary N) is 1. The zero-order valence-corrected chi connectivity index (χ0v) is 12.6. The third-order valence-corrected chi connectivity index (χ3v) is 5.15. The average Bonchev–Trinajstić information content (AvgIpc) is 2.79. The van der Waals surface area contributed by atoms with E-state index >= 15 is 0 Å². The maximum atomic E-state index is 12.8. The smallest absolute Gasteiger partial charge is 0.254 e. The molecule has 2 bridgehead atoms. The van der Waals surface area contributed by atoms with Gasteiger partial charge in [0.05, 0.1) is 0 Å². The zero-order chi connectivity index (χ0) is 14.3. The molecule has 3 nitrogen and oxygen atoms in total. The molecule has 1 aromatic carbocycles. The van der Waals surface area contributed by atoms with Gasteiger partial charge in [-0.3, -0.25) is 4.79 Å². The summed E-state index contributed by atoms with van der Waals surface area (Å²) in [6.45, 7) is 4.11. The van der Waals surface area contributed by atoms with E-state index in [2.05, 4.69) is 18.3 Å². The number of nitrogens with zero attached hydrogens (tertiary/aromatic N) is 1. The van der Waals surface area contributed by atoms with Crippen LogP contribution in [0.25, 0.3) is 0 Å². The predicted octanol–water partition coefficient (Wildman–Crippen LogP) is 2.66. The van der Waals surface area contributed by atoms with Gasteiger partial charge in [0, 0.05) is 30.7 Å². The first-order valence-electron chi connectivity index (χ1n) is 7.65. The van der Waals surface area contributed by atoms with Gasteiger partial charge in [-0.15, -0.1) is 0 Å². The Hall–Kier alpha value is -1.35. The first-order valence-corrected chi connectivity index (χ1v) is 7.65. The van der Waals surface area contributed by atoms with Crippen molar-refractivity contribution in [2.75, 3.05) is 7.05 Å². The lowest BCUT2D eigenvalue weighted by Gasteiger charge is -2.36. The molecule has 2 fully saturated rings. The van der Waals surface area contributed by atoms with E-state index in [4.69, 9.17) is 0 Å². The number of carbonyl (C=O) groups excluding carboxylic acids is 1. The van der Waals surface area contributed by atoms with E-state index in [1.165, 1.54) is 18.4 Å². The fourth-order valence-corrected chi connectivity index (χ4v) is 3.68. The highest BCUT2D eigenvalue weighted by Gasteiger charge is 2.36. The Labute approximate surface area is 121 Å². The molecule has 0 radical (unpaired) electrons. The first-order chi connectivity index (χ1) is 9.56. The molecule has 108 valence electrons. The Kier molecular flexibility index (Phi) is 3.55. The van der Waals surface area contributed by atoms with Gasteiger partial charge in [-0.2, -0.15) is 0 Å².